The Balaban J connectivity index is 3.01. The minimum Gasteiger partial charge on any atom is -0.299 e. The Morgan fingerprint density at radius 1 is 1.25 bits per heavy atom. The fourth-order valence-electron chi connectivity index (χ4n) is 2.02. The van der Waals surface area contributed by atoms with Gasteiger partial charge < -0.3 is 0 Å². The maximum absolute atomic E-state index is 11.8. The second-order valence-electron chi connectivity index (χ2n) is 4.01. The number of Topliss-reactive ketones (excluding diaryl/α,β-unsaturated/α-hetero) is 1. The summed E-state index contributed by atoms with van der Waals surface area (Å²) in [5.41, 5.74) is -1.67. The lowest BCUT2D eigenvalue weighted by Crippen LogP contribution is -2.45. The first-order chi connectivity index (χ1) is 7.63. The highest BCUT2D eigenvalue weighted by atomic mass is 16.6. The van der Waals surface area contributed by atoms with E-state index in [0.717, 1.165) is 25.0 Å². The maximum atomic E-state index is 11.8. The molecule has 0 radical (unpaired) electrons. The highest BCUT2D eigenvalue weighted by molar-refractivity contribution is 5.90. The van der Waals surface area contributed by atoms with Gasteiger partial charge in [0.25, 0.3) is 5.54 Å². The SMILES string of the molecule is O=C/C=C\[C@@]1([N+](=O)[O-])CCCCCCC1=O. The largest absolute Gasteiger partial charge is 0.299 e. The summed E-state index contributed by atoms with van der Waals surface area (Å²) >= 11 is 0. The highest BCUT2D eigenvalue weighted by Crippen LogP contribution is 2.27. The summed E-state index contributed by atoms with van der Waals surface area (Å²) in [6.45, 7) is 0. The van der Waals surface area contributed by atoms with E-state index in [0.29, 0.717) is 19.1 Å². The average molecular weight is 225 g/mol. The molecule has 0 heterocycles. The number of hydrogen-bond acceptors (Lipinski definition) is 4. The Morgan fingerprint density at radius 3 is 2.56 bits per heavy atom. The molecule has 1 saturated carbocycles. The molecule has 0 aliphatic heterocycles. The molecule has 0 N–H and O–H groups in total. The molecule has 0 bridgehead atoms. The standard InChI is InChI=1S/C11H15NO4/c13-9-5-8-11(12(15)16)7-4-2-1-3-6-10(11)14/h5,8-9H,1-4,6-7H2/b8-5-/t11-/m0/s1. The van der Waals surface area contributed by atoms with E-state index in [9.17, 15) is 19.7 Å². The first-order valence-corrected chi connectivity index (χ1v) is 5.44. The summed E-state index contributed by atoms with van der Waals surface area (Å²) in [4.78, 5) is 32.6. The van der Waals surface area contributed by atoms with Crippen LogP contribution in [-0.4, -0.2) is 22.5 Å². The van der Waals surface area contributed by atoms with E-state index in [1.54, 1.807) is 0 Å². The van der Waals surface area contributed by atoms with Crippen LogP contribution in [0, 0.1) is 10.1 Å². The van der Waals surface area contributed by atoms with Gasteiger partial charge >= 0.3 is 0 Å². The van der Waals surface area contributed by atoms with Crippen LogP contribution in [0.3, 0.4) is 0 Å². The van der Waals surface area contributed by atoms with Crippen molar-refractivity contribution in [2.75, 3.05) is 0 Å². The summed E-state index contributed by atoms with van der Waals surface area (Å²) in [6.07, 6.45) is 6.29. The van der Waals surface area contributed by atoms with E-state index in [1.165, 1.54) is 0 Å². The van der Waals surface area contributed by atoms with Crippen LogP contribution in [0.5, 0.6) is 0 Å². The van der Waals surface area contributed by atoms with Crippen molar-refractivity contribution >= 4 is 12.1 Å². The van der Waals surface area contributed by atoms with Crippen LogP contribution < -0.4 is 0 Å². The molecule has 1 aliphatic carbocycles. The van der Waals surface area contributed by atoms with Crippen molar-refractivity contribution in [2.45, 2.75) is 44.1 Å². The van der Waals surface area contributed by atoms with Crippen molar-refractivity contribution in [3.05, 3.63) is 22.3 Å². The predicted octanol–water partition coefficient (Wildman–Crippen LogP) is 1.68. The third-order valence-corrected chi connectivity index (χ3v) is 2.97. The molecule has 1 rings (SSSR count). The molecule has 0 aromatic heterocycles. The zero-order valence-corrected chi connectivity index (χ0v) is 9.05. The number of rotatable bonds is 3. The van der Waals surface area contributed by atoms with Gasteiger partial charge in [-0.15, -0.1) is 0 Å². The molecule has 16 heavy (non-hydrogen) atoms. The molecule has 88 valence electrons. The minimum atomic E-state index is -1.67. The molecule has 0 amide bonds. The summed E-state index contributed by atoms with van der Waals surface area (Å²) in [5.74, 6) is -0.379. The molecule has 0 aromatic rings. The molecule has 0 unspecified atom stereocenters. The van der Waals surface area contributed by atoms with Crippen LogP contribution in [0.25, 0.3) is 0 Å². The number of ketones is 1. The van der Waals surface area contributed by atoms with Gasteiger partial charge in [-0.2, -0.15) is 0 Å². The predicted molar refractivity (Wildman–Crippen MR) is 57.6 cm³/mol. The third kappa shape index (κ3) is 2.53. The van der Waals surface area contributed by atoms with Crippen molar-refractivity contribution in [2.24, 2.45) is 0 Å². The van der Waals surface area contributed by atoms with E-state index in [4.69, 9.17) is 0 Å². The Bertz CT molecular complexity index is 324. The van der Waals surface area contributed by atoms with Gasteiger partial charge in [-0.25, -0.2) is 0 Å². The Morgan fingerprint density at radius 2 is 1.94 bits per heavy atom. The van der Waals surface area contributed by atoms with Crippen molar-refractivity contribution < 1.29 is 14.5 Å². The monoisotopic (exact) mass is 225 g/mol. The van der Waals surface area contributed by atoms with Gasteiger partial charge in [0, 0.05) is 23.8 Å². The molecule has 1 fully saturated rings. The number of hydrogen-bond donors (Lipinski definition) is 0. The van der Waals surface area contributed by atoms with Crippen LogP contribution in [0.15, 0.2) is 12.2 Å². The summed E-state index contributed by atoms with van der Waals surface area (Å²) in [5, 5.41) is 11.1. The van der Waals surface area contributed by atoms with Gasteiger partial charge in [-0.1, -0.05) is 12.8 Å². The molecule has 1 atom stereocenters. The number of allylic oxidation sites excluding steroid dienone is 1. The van der Waals surface area contributed by atoms with Crippen LogP contribution in [0.2, 0.25) is 0 Å². The summed E-state index contributed by atoms with van der Waals surface area (Å²) in [6, 6.07) is 0. The Labute approximate surface area is 93.7 Å². The number of carbonyl (C=O) groups excluding carboxylic acids is 2. The second-order valence-corrected chi connectivity index (χ2v) is 4.01. The van der Waals surface area contributed by atoms with Crippen LogP contribution in [0.1, 0.15) is 38.5 Å². The van der Waals surface area contributed by atoms with E-state index < -0.39 is 10.5 Å². The molecule has 5 heteroatoms. The van der Waals surface area contributed by atoms with Gasteiger partial charge in [0.2, 0.25) is 5.78 Å². The lowest BCUT2D eigenvalue weighted by atomic mass is 9.83. The van der Waals surface area contributed by atoms with Crippen LogP contribution >= 0.6 is 0 Å². The maximum Gasteiger partial charge on any atom is 0.297 e. The fraction of sp³-hybridized carbons (Fsp3) is 0.636. The van der Waals surface area contributed by atoms with Crippen molar-refractivity contribution in [3.8, 4) is 0 Å². The molecule has 1 aliphatic rings. The van der Waals surface area contributed by atoms with E-state index in [1.807, 2.05) is 0 Å². The van der Waals surface area contributed by atoms with E-state index in [2.05, 4.69) is 0 Å². The zero-order chi connectivity index (χ0) is 12.0. The molecular weight excluding hydrogens is 210 g/mol. The minimum absolute atomic E-state index is 0.198. The van der Waals surface area contributed by atoms with Crippen LogP contribution in [0.4, 0.5) is 0 Å². The van der Waals surface area contributed by atoms with Crippen molar-refractivity contribution in [1.82, 2.24) is 0 Å². The number of nitro groups is 1. The number of aldehydes is 1. The molecule has 0 saturated heterocycles. The smallest absolute Gasteiger partial charge is 0.297 e. The second kappa shape index (κ2) is 5.53. The normalized spacial score (nSPS) is 27.4. The summed E-state index contributed by atoms with van der Waals surface area (Å²) < 4.78 is 0. The van der Waals surface area contributed by atoms with E-state index in [-0.39, 0.29) is 18.6 Å². The zero-order valence-electron chi connectivity index (χ0n) is 9.05. The van der Waals surface area contributed by atoms with Crippen LogP contribution in [-0.2, 0) is 9.59 Å². The summed E-state index contributed by atoms with van der Waals surface area (Å²) in [7, 11) is 0. The Hall–Kier alpha value is -1.52. The van der Waals surface area contributed by atoms with Gasteiger partial charge in [-0.3, -0.25) is 19.7 Å². The lowest BCUT2D eigenvalue weighted by Gasteiger charge is -2.22. The Kier molecular flexibility index (Phi) is 4.34. The average Bonchev–Trinajstić information content (AvgIpc) is 2.23. The van der Waals surface area contributed by atoms with Crippen molar-refractivity contribution in [1.29, 1.82) is 0 Å². The van der Waals surface area contributed by atoms with Gasteiger partial charge in [0.05, 0.1) is 0 Å². The molecular formula is C11H15NO4. The highest BCUT2D eigenvalue weighted by Gasteiger charge is 2.47. The third-order valence-electron chi connectivity index (χ3n) is 2.97. The fourth-order valence-corrected chi connectivity index (χ4v) is 2.02. The van der Waals surface area contributed by atoms with Gasteiger partial charge in [-0.05, 0) is 18.9 Å². The lowest BCUT2D eigenvalue weighted by molar-refractivity contribution is -0.539. The first kappa shape index (κ1) is 12.5. The van der Waals surface area contributed by atoms with E-state index >= 15 is 0 Å². The topological polar surface area (TPSA) is 77.3 Å². The molecule has 0 spiro atoms. The molecule has 5 nitrogen and oxygen atoms in total. The van der Waals surface area contributed by atoms with Gasteiger partial charge in [0.1, 0.15) is 6.29 Å². The quantitative estimate of drug-likeness (QED) is 0.317. The van der Waals surface area contributed by atoms with Crippen molar-refractivity contribution in [3.63, 3.8) is 0 Å². The number of nitrogens with zero attached hydrogens (tertiary/aromatic N) is 1. The molecule has 0 aromatic carbocycles. The first-order valence-electron chi connectivity index (χ1n) is 5.44. The van der Waals surface area contributed by atoms with Gasteiger partial charge in [0.15, 0.2) is 0 Å². The number of carbonyl (C=O) groups is 2.